The number of aromatic nitrogens is 7. The zero-order chi connectivity index (χ0) is 24.8. The predicted octanol–water partition coefficient (Wildman–Crippen LogP) is 3.80. The number of carbonyl (C=O) groups is 1. The third-order valence-electron chi connectivity index (χ3n) is 6.72. The Hall–Kier alpha value is -4.12. The van der Waals surface area contributed by atoms with Crippen molar-refractivity contribution in [2.45, 2.75) is 31.3 Å². The molecule has 2 N–H and O–H groups in total. The quantitative estimate of drug-likeness (QED) is 0.396. The number of amides is 1. The minimum absolute atomic E-state index is 0.00469. The van der Waals surface area contributed by atoms with Gasteiger partial charge >= 0.3 is 0 Å². The molecule has 0 spiro atoms. The first-order valence-electron chi connectivity index (χ1n) is 11.5. The van der Waals surface area contributed by atoms with Crippen molar-refractivity contribution in [2.75, 3.05) is 12.4 Å². The van der Waals surface area contributed by atoms with Gasteiger partial charge in [-0.1, -0.05) is 11.6 Å². The van der Waals surface area contributed by atoms with Crippen LogP contribution in [0.1, 0.15) is 36.7 Å². The zero-order valence-corrected chi connectivity index (χ0v) is 19.9. The van der Waals surface area contributed by atoms with Gasteiger partial charge in [-0.25, -0.2) is 9.97 Å². The van der Waals surface area contributed by atoms with E-state index >= 15 is 0 Å². The highest BCUT2D eigenvalue weighted by atomic mass is 35.5. The number of tetrazole rings is 1. The third-order valence-corrected chi connectivity index (χ3v) is 6.95. The summed E-state index contributed by atoms with van der Waals surface area (Å²) < 4.78 is 16.1. The molecule has 1 amide bonds. The van der Waals surface area contributed by atoms with Gasteiger partial charge in [0.1, 0.15) is 18.0 Å². The van der Waals surface area contributed by atoms with Gasteiger partial charge in [-0.05, 0) is 65.6 Å². The van der Waals surface area contributed by atoms with Crippen LogP contribution in [0.2, 0.25) is 5.02 Å². The van der Waals surface area contributed by atoms with Crippen molar-refractivity contribution in [3.8, 4) is 16.9 Å². The van der Waals surface area contributed by atoms with E-state index in [9.17, 15) is 9.18 Å². The van der Waals surface area contributed by atoms with E-state index in [1.807, 2.05) is 17.0 Å². The second-order valence-corrected chi connectivity index (χ2v) is 9.19. The number of halogens is 2. The van der Waals surface area contributed by atoms with E-state index in [4.69, 9.17) is 11.6 Å². The first-order valence-corrected chi connectivity index (χ1v) is 11.9. The maximum Gasteiger partial charge on any atom is 0.247 e. The van der Waals surface area contributed by atoms with Crippen LogP contribution >= 0.6 is 11.6 Å². The Labute approximate surface area is 210 Å². The molecule has 3 aromatic heterocycles. The highest BCUT2D eigenvalue weighted by Crippen LogP contribution is 2.43. The number of anilines is 1. The SMILES string of the molecule is CNc1ccc(-c2cnc([C@@H]3CC[C@@H]4CC(c5cc(Cl)ccc5-n5cnnn5)=CC(=O)N43)[nH]2)c(F)n1. The molecule has 1 saturated heterocycles. The van der Waals surface area contributed by atoms with E-state index in [1.54, 1.807) is 42.2 Å². The first-order chi connectivity index (χ1) is 17.5. The summed E-state index contributed by atoms with van der Waals surface area (Å²) in [6.07, 6.45) is 6.97. The monoisotopic (exact) mass is 505 g/mol. The molecule has 2 aliphatic heterocycles. The lowest BCUT2D eigenvalue weighted by Gasteiger charge is -2.33. The summed E-state index contributed by atoms with van der Waals surface area (Å²) in [6.45, 7) is 0. The molecule has 12 heteroatoms. The molecule has 2 aliphatic rings. The van der Waals surface area contributed by atoms with Gasteiger partial charge in [0.15, 0.2) is 0 Å². The van der Waals surface area contributed by atoms with Crippen LogP contribution < -0.4 is 5.32 Å². The fourth-order valence-electron chi connectivity index (χ4n) is 5.06. The molecule has 1 aromatic carbocycles. The summed E-state index contributed by atoms with van der Waals surface area (Å²) in [5.74, 6) is 0.379. The summed E-state index contributed by atoms with van der Waals surface area (Å²) in [4.78, 5) is 26.9. The van der Waals surface area contributed by atoms with Crippen LogP contribution in [0.25, 0.3) is 22.5 Å². The molecule has 6 rings (SSSR count). The van der Waals surface area contributed by atoms with Crippen molar-refractivity contribution in [1.29, 1.82) is 0 Å². The van der Waals surface area contributed by atoms with Gasteiger partial charge in [0.2, 0.25) is 11.9 Å². The molecule has 0 aliphatic carbocycles. The molecule has 0 unspecified atom stereocenters. The van der Waals surface area contributed by atoms with Gasteiger partial charge in [-0.15, -0.1) is 5.10 Å². The second kappa shape index (κ2) is 8.83. The van der Waals surface area contributed by atoms with Crippen molar-refractivity contribution in [3.05, 3.63) is 71.3 Å². The largest absolute Gasteiger partial charge is 0.373 e. The molecule has 5 heterocycles. The molecule has 0 radical (unpaired) electrons. The number of nitrogens with zero attached hydrogens (tertiary/aromatic N) is 7. The lowest BCUT2D eigenvalue weighted by atomic mass is 9.92. The highest BCUT2D eigenvalue weighted by Gasteiger charge is 2.41. The van der Waals surface area contributed by atoms with Crippen molar-refractivity contribution in [1.82, 2.24) is 40.1 Å². The maximum atomic E-state index is 14.5. The topological polar surface area (TPSA) is 118 Å². The number of H-pyrrole nitrogens is 1. The van der Waals surface area contributed by atoms with Crippen LogP contribution in [-0.4, -0.2) is 59.1 Å². The molecule has 0 saturated carbocycles. The highest BCUT2D eigenvalue weighted by molar-refractivity contribution is 6.30. The van der Waals surface area contributed by atoms with Gasteiger partial charge in [0, 0.05) is 29.8 Å². The Morgan fingerprint density at radius 3 is 2.86 bits per heavy atom. The Kier molecular flexibility index (Phi) is 5.48. The molecule has 10 nitrogen and oxygen atoms in total. The van der Waals surface area contributed by atoms with Crippen molar-refractivity contribution >= 4 is 28.9 Å². The Balaban J connectivity index is 1.29. The molecule has 4 aromatic rings. The standard InChI is InChI=1S/C24H21ClFN9O/c1-27-21-7-4-16(23(26)31-21)18-11-28-24(30-18)20-6-3-15-8-13(9-22(36)35(15)20)17-10-14(25)2-5-19(17)34-12-29-32-33-34/h2,4-5,7,9-12,15,20H,3,6,8H2,1H3,(H,27,31)(H,28,30)/t15-,20+/m1/s1. The predicted molar refractivity (Wildman–Crippen MR) is 131 cm³/mol. The summed E-state index contributed by atoms with van der Waals surface area (Å²) in [6, 6.07) is 8.57. The van der Waals surface area contributed by atoms with Gasteiger partial charge in [0.25, 0.3) is 0 Å². The van der Waals surface area contributed by atoms with Gasteiger partial charge in [0.05, 0.1) is 29.2 Å². The number of carbonyl (C=O) groups excluding carboxylic acids is 1. The molecule has 2 atom stereocenters. The van der Waals surface area contributed by atoms with E-state index in [-0.39, 0.29) is 18.0 Å². The summed E-state index contributed by atoms with van der Waals surface area (Å²) in [5, 5.41) is 14.8. The van der Waals surface area contributed by atoms with Crippen molar-refractivity contribution < 1.29 is 9.18 Å². The van der Waals surface area contributed by atoms with Crippen LogP contribution in [0.15, 0.2) is 48.9 Å². The minimum Gasteiger partial charge on any atom is -0.373 e. The lowest BCUT2D eigenvalue weighted by molar-refractivity contribution is -0.129. The fraction of sp³-hybridized carbons (Fsp3) is 0.250. The summed E-state index contributed by atoms with van der Waals surface area (Å²) >= 11 is 6.30. The molecule has 182 valence electrons. The van der Waals surface area contributed by atoms with E-state index < -0.39 is 5.95 Å². The van der Waals surface area contributed by atoms with Crippen LogP contribution in [0, 0.1) is 5.95 Å². The summed E-state index contributed by atoms with van der Waals surface area (Å²) in [5.41, 5.74) is 3.30. The number of nitrogens with one attached hydrogen (secondary N) is 2. The first kappa shape index (κ1) is 22.4. The van der Waals surface area contributed by atoms with Crippen LogP contribution in [-0.2, 0) is 4.79 Å². The minimum atomic E-state index is -0.595. The van der Waals surface area contributed by atoms with Crippen molar-refractivity contribution in [3.63, 3.8) is 0 Å². The van der Waals surface area contributed by atoms with Gasteiger partial charge in [-0.2, -0.15) is 9.07 Å². The number of pyridine rings is 1. The van der Waals surface area contributed by atoms with E-state index in [2.05, 4.69) is 35.8 Å². The number of fused-ring (bicyclic) bond motifs is 1. The number of hydrogen-bond acceptors (Lipinski definition) is 7. The fourth-order valence-corrected chi connectivity index (χ4v) is 5.24. The maximum absolute atomic E-state index is 14.5. The van der Waals surface area contributed by atoms with Crippen LogP contribution in [0.4, 0.5) is 10.2 Å². The van der Waals surface area contributed by atoms with Gasteiger partial charge < -0.3 is 15.2 Å². The molecule has 36 heavy (non-hydrogen) atoms. The smallest absolute Gasteiger partial charge is 0.247 e. The second-order valence-electron chi connectivity index (χ2n) is 8.75. The molecule has 1 fully saturated rings. The average Bonchev–Trinajstić information content (AvgIpc) is 3.64. The normalized spacial score (nSPS) is 19.4. The number of hydrogen-bond donors (Lipinski definition) is 2. The van der Waals surface area contributed by atoms with Crippen molar-refractivity contribution in [2.24, 2.45) is 0 Å². The lowest BCUT2D eigenvalue weighted by Crippen LogP contribution is -2.39. The van der Waals surface area contributed by atoms with E-state index in [1.165, 1.54) is 6.33 Å². The van der Waals surface area contributed by atoms with Crippen LogP contribution in [0.3, 0.4) is 0 Å². The Bertz CT molecular complexity index is 1480. The Morgan fingerprint density at radius 1 is 1.19 bits per heavy atom. The molecular formula is C24H21ClFN9O. The van der Waals surface area contributed by atoms with Gasteiger partial charge in [-0.3, -0.25) is 4.79 Å². The number of rotatable bonds is 5. The summed E-state index contributed by atoms with van der Waals surface area (Å²) in [7, 11) is 1.68. The number of benzene rings is 1. The average molecular weight is 506 g/mol. The Morgan fingerprint density at radius 2 is 2.08 bits per heavy atom. The molecule has 0 bridgehead atoms. The zero-order valence-electron chi connectivity index (χ0n) is 19.2. The number of imidazole rings is 1. The number of aromatic amines is 1. The van der Waals surface area contributed by atoms with E-state index in [0.29, 0.717) is 34.3 Å². The molecular weight excluding hydrogens is 485 g/mol. The third kappa shape index (κ3) is 3.81. The van der Waals surface area contributed by atoms with E-state index in [0.717, 1.165) is 29.7 Å². The van der Waals surface area contributed by atoms with Crippen LogP contribution in [0.5, 0.6) is 0 Å².